The van der Waals surface area contributed by atoms with E-state index in [0.29, 0.717) is 22.8 Å². The molecular weight excluding hydrogens is 1440 g/mol. The summed E-state index contributed by atoms with van der Waals surface area (Å²) in [7, 11) is 0. The predicted molar refractivity (Wildman–Crippen MR) is 471 cm³/mol. The van der Waals surface area contributed by atoms with Crippen LogP contribution < -0.4 is 9.47 Å². The van der Waals surface area contributed by atoms with E-state index < -0.39 is 10.8 Å². The Morgan fingerprint density at radius 2 is 0.517 bits per heavy atom. The van der Waals surface area contributed by atoms with Gasteiger partial charge in [-0.25, -0.2) is 19.9 Å². The highest BCUT2D eigenvalue weighted by Gasteiger charge is 2.53. The molecule has 118 heavy (non-hydrogen) atoms. The van der Waals surface area contributed by atoms with Gasteiger partial charge in [0.25, 0.3) is 0 Å². The van der Waals surface area contributed by atoms with Crippen molar-refractivity contribution < 1.29 is 9.47 Å². The van der Waals surface area contributed by atoms with Crippen LogP contribution >= 0.6 is 0 Å². The molecule has 0 amide bonds. The number of aromatic nitrogens is 4. The molecule has 2 aliphatic carbocycles. The minimum absolute atomic E-state index is 0.603. The second-order valence-electron chi connectivity index (χ2n) is 30.8. The van der Waals surface area contributed by atoms with Crippen LogP contribution in [0.1, 0.15) is 55.6 Å². The zero-order chi connectivity index (χ0) is 78.2. The Balaban J connectivity index is 0.621. The topological polar surface area (TPSA) is 118 Å². The van der Waals surface area contributed by atoms with Crippen LogP contribution in [-0.2, 0) is 10.8 Å². The summed E-state index contributed by atoms with van der Waals surface area (Å²) < 4.78 is 13.8. The number of benzene rings is 17. The second kappa shape index (κ2) is 26.8. The summed E-state index contributed by atoms with van der Waals surface area (Å²) in [4.78, 5) is 21.8. The van der Waals surface area contributed by atoms with E-state index in [0.717, 1.165) is 206 Å². The van der Waals surface area contributed by atoms with Crippen LogP contribution in [0.15, 0.2) is 388 Å². The monoisotopic (exact) mass is 1500 g/mol. The van der Waals surface area contributed by atoms with Crippen LogP contribution in [0, 0.1) is 22.7 Å². The lowest BCUT2D eigenvalue weighted by Gasteiger charge is -2.39. The number of ether oxygens (including phenoxy) is 2. The van der Waals surface area contributed by atoms with E-state index in [2.05, 4.69) is 328 Å². The summed E-state index contributed by atoms with van der Waals surface area (Å²) in [5, 5.41) is 24.1. The molecule has 2 aliphatic heterocycles. The molecule has 0 fully saturated rings. The van der Waals surface area contributed by atoms with Crippen LogP contribution in [0.3, 0.4) is 0 Å². The fourth-order valence-corrected chi connectivity index (χ4v) is 19.2. The Morgan fingerprint density at radius 1 is 0.203 bits per heavy atom. The normalized spacial score (nSPS) is 13.0. The number of hydrogen-bond donors (Lipinski definition) is 0. The zero-order valence-electron chi connectivity index (χ0n) is 63.5. The third kappa shape index (κ3) is 10.5. The van der Waals surface area contributed by atoms with Crippen molar-refractivity contribution in [2.45, 2.75) is 10.8 Å². The Bertz CT molecular complexity index is 7430. The van der Waals surface area contributed by atoms with Crippen molar-refractivity contribution in [1.82, 2.24) is 19.9 Å². The minimum atomic E-state index is -0.798. The first-order valence-electron chi connectivity index (χ1n) is 39.7. The molecule has 2 spiro atoms. The van der Waals surface area contributed by atoms with Gasteiger partial charge in [0.2, 0.25) is 0 Å². The first-order chi connectivity index (χ1) is 58.3. The molecule has 23 rings (SSSR count). The molecule has 8 nitrogen and oxygen atoms in total. The van der Waals surface area contributed by atoms with E-state index in [1.165, 1.54) is 5.56 Å². The Kier molecular flexibility index (Phi) is 15.4. The van der Waals surface area contributed by atoms with Gasteiger partial charge in [-0.2, -0.15) is 10.5 Å². The van der Waals surface area contributed by atoms with Gasteiger partial charge >= 0.3 is 0 Å². The lowest BCUT2D eigenvalue weighted by Crippen LogP contribution is -2.32. The number of para-hydroxylation sites is 4. The first-order valence-corrected chi connectivity index (χ1v) is 39.7. The van der Waals surface area contributed by atoms with E-state index in [9.17, 15) is 10.5 Å². The van der Waals surface area contributed by atoms with E-state index in [1.807, 2.05) is 72.8 Å². The molecule has 0 bridgehead atoms. The third-order valence-electron chi connectivity index (χ3n) is 24.6. The summed E-state index contributed by atoms with van der Waals surface area (Å²) in [5.41, 5.74) is 30.5. The first kappa shape index (κ1) is 67.7. The Labute approximate surface area is 681 Å². The van der Waals surface area contributed by atoms with Crippen molar-refractivity contribution in [1.29, 1.82) is 10.5 Å². The van der Waals surface area contributed by atoms with Crippen LogP contribution in [0.25, 0.3) is 156 Å². The van der Waals surface area contributed by atoms with Gasteiger partial charge < -0.3 is 9.47 Å². The molecule has 0 N–H and O–H groups in total. The van der Waals surface area contributed by atoms with Gasteiger partial charge in [0.05, 0.1) is 56.9 Å². The zero-order valence-corrected chi connectivity index (χ0v) is 63.5. The highest BCUT2D eigenvalue weighted by Crippen LogP contribution is 2.65. The maximum Gasteiger partial charge on any atom is 0.160 e. The van der Waals surface area contributed by atoms with Crippen LogP contribution in [0.2, 0.25) is 0 Å². The van der Waals surface area contributed by atoms with Gasteiger partial charge in [-0.05, 0) is 190 Å². The molecule has 4 aliphatic rings. The summed E-state index contributed by atoms with van der Waals surface area (Å²) >= 11 is 0. The molecule has 0 radical (unpaired) electrons. The number of nitriles is 2. The largest absolute Gasteiger partial charge is 0.457 e. The van der Waals surface area contributed by atoms with Crippen LogP contribution in [0.5, 0.6) is 23.0 Å². The van der Waals surface area contributed by atoms with Crippen molar-refractivity contribution in [2.75, 3.05) is 0 Å². The van der Waals surface area contributed by atoms with Gasteiger partial charge in [-0.3, -0.25) is 0 Å². The molecule has 19 aromatic rings. The van der Waals surface area contributed by atoms with E-state index in [1.54, 1.807) is 0 Å². The Hall–Kier alpha value is -16.0. The van der Waals surface area contributed by atoms with Crippen LogP contribution in [0.4, 0.5) is 0 Å². The van der Waals surface area contributed by atoms with E-state index in [-0.39, 0.29) is 0 Å². The smallest absolute Gasteiger partial charge is 0.160 e. The maximum absolute atomic E-state index is 10.2. The van der Waals surface area contributed by atoms with Crippen molar-refractivity contribution >= 4 is 21.5 Å². The number of rotatable bonds is 10. The van der Waals surface area contributed by atoms with Gasteiger partial charge in [-0.1, -0.05) is 303 Å². The standard InChI is InChI=1S/C110H64N6O2/c111-65-67-38-40-69(41-39-67)81-56-57-83(86-29-10-9-28-85(81)86)75-47-53-88-90-55-49-78(62-98(90)110(96(88)60-75)93-32-13-17-36-105(93)118-106-37-18-14-33-94(106)110)102-64-100(114-107(115-102)71-22-5-2-6-23-71)76-25-19-24-73(58-76)68-42-44-72(45-43-68)108-113-99(70-20-3-1-4-21-70)63-101(116-108)77-48-54-89-87-52-46-74(82-51-50-79(66-112)80-26-7-8-27-84(80)82)59-95(87)109(97(89)61-77)91-30-11-15-34-103(91)117-104-35-16-12-31-92(104)109/h1-64H. The summed E-state index contributed by atoms with van der Waals surface area (Å²) in [6.45, 7) is 0. The fraction of sp³-hybridized carbons (Fsp3) is 0.0182. The molecule has 2 aromatic heterocycles. The highest BCUT2D eigenvalue weighted by atomic mass is 16.5. The third-order valence-corrected chi connectivity index (χ3v) is 24.6. The molecule has 4 heterocycles. The average Bonchev–Trinajstić information content (AvgIpc) is 1.52. The summed E-state index contributed by atoms with van der Waals surface area (Å²) in [5.74, 6) is 4.46. The second-order valence-corrected chi connectivity index (χ2v) is 30.8. The molecule has 546 valence electrons. The van der Waals surface area contributed by atoms with Gasteiger partial charge in [0.1, 0.15) is 23.0 Å². The molecule has 0 saturated heterocycles. The van der Waals surface area contributed by atoms with Crippen molar-refractivity contribution in [3.63, 3.8) is 0 Å². The molecule has 0 atom stereocenters. The number of hydrogen-bond acceptors (Lipinski definition) is 8. The highest BCUT2D eigenvalue weighted by molar-refractivity contribution is 6.06. The van der Waals surface area contributed by atoms with Gasteiger partial charge in [0, 0.05) is 61.0 Å². The van der Waals surface area contributed by atoms with Crippen molar-refractivity contribution in [3.05, 3.63) is 444 Å². The minimum Gasteiger partial charge on any atom is -0.457 e. The molecule has 8 heteroatoms. The lowest BCUT2D eigenvalue weighted by molar-refractivity contribution is 0.436. The molecule has 0 saturated carbocycles. The summed E-state index contributed by atoms with van der Waals surface area (Å²) in [6, 6.07) is 142. The number of nitrogens with zero attached hydrogens (tertiary/aromatic N) is 6. The van der Waals surface area contributed by atoms with Gasteiger partial charge in [-0.15, -0.1) is 0 Å². The summed E-state index contributed by atoms with van der Waals surface area (Å²) in [6.07, 6.45) is 0. The molecule has 17 aromatic carbocycles. The average molecular weight is 1500 g/mol. The Morgan fingerprint density at radius 3 is 0.975 bits per heavy atom. The van der Waals surface area contributed by atoms with Crippen molar-refractivity contribution in [3.8, 4) is 170 Å². The molecular formula is C110H64N6O2. The fourth-order valence-electron chi connectivity index (χ4n) is 19.2. The van der Waals surface area contributed by atoms with E-state index >= 15 is 0 Å². The molecule has 0 unspecified atom stereocenters. The van der Waals surface area contributed by atoms with Crippen LogP contribution in [-0.4, -0.2) is 19.9 Å². The van der Waals surface area contributed by atoms with Crippen molar-refractivity contribution in [2.24, 2.45) is 0 Å². The SMILES string of the molecule is N#Cc1ccc(-c2ccc(-c3ccc4c(c3)C3(c5ccccc5Oc5ccccc53)c3cc(-c5cc(-c6cccc(-c7ccc(-c8nc(-c9ccccc9)cc(-c9ccc%10c(c9)C9(c%11ccccc%11Oc%11ccccc%119)c9cc(-c%11ccc(C#N)c%12ccccc%11%12)ccc9-%10)n8)cc7)c6)nc(-c6ccccc6)n5)ccc3-4)c3ccccc23)cc1. The number of fused-ring (bicyclic) bond motifs is 20. The quantitative estimate of drug-likeness (QED) is 0.133. The van der Waals surface area contributed by atoms with E-state index in [4.69, 9.17) is 29.4 Å². The van der Waals surface area contributed by atoms with Gasteiger partial charge in [0.15, 0.2) is 11.6 Å². The predicted octanol–water partition coefficient (Wildman–Crippen LogP) is 26.9. The lowest BCUT2D eigenvalue weighted by atomic mass is 9.65. The maximum atomic E-state index is 10.2.